The van der Waals surface area contributed by atoms with Crippen LogP contribution in [-0.4, -0.2) is 40.2 Å². The van der Waals surface area contributed by atoms with E-state index in [4.69, 9.17) is 4.74 Å². The zero-order chi connectivity index (χ0) is 21.9. The van der Waals surface area contributed by atoms with Gasteiger partial charge in [-0.1, -0.05) is 0 Å². The van der Waals surface area contributed by atoms with E-state index in [1.54, 1.807) is 6.20 Å². The van der Waals surface area contributed by atoms with Crippen LogP contribution in [0.4, 0.5) is 21.2 Å². The van der Waals surface area contributed by atoms with Gasteiger partial charge in [0.2, 0.25) is 0 Å². The van der Waals surface area contributed by atoms with Gasteiger partial charge in [0.05, 0.1) is 23.3 Å². The maximum Gasteiger partial charge on any atom is 0.407 e. The molecule has 1 saturated heterocycles. The van der Waals surface area contributed by atoms with Gasteiger partial charge in [-0.2, -0.15) is 9.64 Å². The largest absolute Gasteiger partial charge is 0.444 e. The first kappa shape index (κ1) is 21.8. The van der Waals surface area contributed by atoms with E-state index in [1.165, 1.54) is 11.5 Å². The fraction of sp³-hybridized carbons (Fsp3) is 0.524. The summed E-state index contributed by atoms with van der Waals surface area (Å²) in [6, 6.07) is 4.10. The first-order valence-corrected chi connectivity index (χ1v) is 10.8. The Labute approximate surface area is 181 Å². The summed E-state index contributed by atoms with van der Waals surface area (Å²) in [7, 11) is 0. The fourth-order valence-electron chi connectivity index (χ4n) is 3.48. The maximum absolute atomic E-state index is 12.2. The predicted octanol–water partition coefficient (Wildman–Crippen LogP) is 4.26. The van der Waals surface area contributed by atoms with E-state index in [-0.39, 0.29) is 6.04 Å². The molecule has 0 aromatic carbocycles. The van der Waals surface area contributed by atoms with Crippen molar-refractivity contribution in [2.24, 2.45) is 0 Å². The summed E-state index contributed by atoms with van der Waals surface area (Å²) in [5.74, 6) is 0. The SMILES string of the molecule is Cc1cc(Nc2c(C#N)ncc(N3CCC[C@@H](NC(=O)OC(C)(C)C)C3)c2C)sn1. The molecule has 1 amide bonds. The Morgan fingerprint density at radius 1 is 1.40 bits per heavy atom. The van der Waals surface area contributed by atoms with Crippen molar-refractivity contribution in [2.45, 2.75) is 59.1 Å². The van der Waals surface area contributed by atoms with Gasteiger partial charge >= 0.3 is 6.09 Å². The third-order valence-corrected chi connectivity index (χ3v) is 5.57. The standard InChI is InChI=1S/C21H28N6O2S/c1-13-9-18(30-26-13)25-19-14(2)17(11-23-16(19)10-22)27-8-6-7-15(12-27)24-20(28)29-21(3,4)5/h9,11,15,25H,6-8,12H2,1-5H3,(H,24,28)/t15-/m1/s1. The number of aryl methyl sites for hydroxylation is 1. The lowest BCUT2D eigenvalue weighted by atomic mass is 10.0. The van der Waals surface area contributed by atoms with Crippen molar-refractivity contribution in [2.75, 3.05) is 23.3 Å². The Morgan fingerprint density at radius 3 is 2.80 bits per heavy atom. The van der Waals surface area contributed by atoms with Crippen LogP contribution in [0.15, 0.2) is 12.3 Å². The van der Waals surface area contributed by atoms with Gasteiger partial charge in [-0.15, -0.1) is 0 Å². The predicted molar refractivity (Wildman–Crippen MR) is 118 cm³/mol. The average Bonchev–Trinajstić information content (AvgIpc) is 3.06. The van der Waals surface area contributed by atoms with Crippen LogP contribution in [-0.2, 0) is 4.74 Å². The number of hydrogen-bond donors (Lipinski definition) is 2. The molecular weight excluding hydrogens is 400 g/mol. The van der Waals surface area contributed by atoms with E-state index >= 15 is 0 Å². The Hall–Kier alpha value is -2.86. The Morgan fingerprint density at radius 2 is 2.17 bits per heavy atom. The number of hydrogen-bond acceptors (Lipinski definition) is 8. The zero-order valence-corrected chi connectivity index (χ0v) is 18.9. The third kappa shape index (κ3) is 5.39. The summed E-state index contributed by atoms with van der Waals surface area (Å²) in [4.78, 5) is 18.7. The number of nitrogens with zero attached hydrogens (tertiary/aromatic N) is 4. The van der Waals surface area contributed by atoms with Gasteiger partial charge in [0.25, 0.3) is 0 Å². The molecule has 0 unspecified atom stereocenters. The molecule has 1 fully saturated rings. The average molecular weight is 429 g/mol. The molecule has 160 valence electrons. The molecule has 0 bridgehead atoms. The van der Waals surface area contributed by atoms with Crippen molar-refractivity contribution in [3.05, 3.63) is 29.2 Å². The van der Waals surface area contributed by atoms with Gasteiger partial charge in [-0.25, -0.2) is 9.78 Å². The van der Waals surface area contributed by atoms with E-state index in [0.29, 0.717) is 17.9 Å². The second-order valence-corrected chi connectivity index (χ2v) is 9.30. The van der Waals surface area contributed by atoms with Gasteiger partial charge < -0.3 is 20.3 Å². The molecule has 9 heteroatoms. The van der Waals surface area contributed by atoms with Gasteiger partial charge in [-0.05, 0) is 65.1 Å². The maximum atomic E-state index is 12.2. The van der Waals surface area contributed by atoms with E-state index in [1.807, 2.05) is 40.7 Å². The number of rotatable bonds is 4. The first-order valence-electron chi connectivity index (χ1n) is 10.0. The molecule has 2 N–H and O–H groups in total. The van der Waals surface area contributed by atoms with Crippen molar-refractivity contribution in [3.63, 3.8) is 0 Å². The number of piperidine rings is 1. The van der Waals surface area contributed by atoms with Crippen molar-refractivity contribution < 1.29 is 9.53 Å². The summed E-state index contributed by atoms with van der Waals surface area (Å²) in [5, 5.41) is 16.7. The smallest absolute Gasteiger partial charge is 0.407 e. The van der Waals surface area contributed by atoms with Crippen LogP contribution in [0.5, 0.6) is 0 Å². The van der Waals surface area contributed by atoms with Gasteiger partial charge in [0.15, 0.2) is 5.69 Å². The number of amides is 1. The number of pyridine rings is 1. The highest BCUT2D eigenvalue weighted by atomic mass is 32.1. The number of ether oxygens (including phenoxy) is 1. The Balaban J connectivity index is 1.78. The topological polar surface area (TPSA) is 103 Å². The van der Waals surface area contributed by atoms with Crippen molar-refractivity contribution in [3.8, 4) is 6.07 Å². The molecular formula is C21H28N6O2S. The molecule has 30 heavy (non-hydrogen) atoms. The lowest BCUT2D eigenvalue weighted by Gasteiger charge is -2.36. The molecule has 2 aromatic rings. The Bertz CT molecular complexity index is 959. The number of carbonyl (C=O) groups excluding carboxylic acids is 1. The second kappa shape index (κ2) is 8.88. The fourth-order valence-corrected chi connectivity index (χ4v) is 4.15. The zero-order valence-electron chi connectivity index (χ0n) is 18.1. The molecule has 1 aliphatic rings. The van der Waals surface area contributed by atoms with Crippen LogP contribution < -0.4 is 15.5 Å². The summed E-state index contributed by atoms with van der Waals surface area (Å²) in [5.41, 5.74) is 3.35. The van der Waals surface area contributed by atoms with E-state index < -0.39 is 11.7 Å². The van der Waals surface area contributed by atoms with Crippen molar-refractivity contribution in [1.82, 2.24) is 14.7 Å². The van der Waals surface area contributed by atoms with E-state index in [0.717, 1.165) is 41.3 Å². The number of alkyl carbamates (subject to hydrolysis) is 1. The minimum atomic E-state index is -0.526. The van der Waals surface area contributed by atoms with Crippen LogP contribution >= 0.6 is 11.5 Å². The number of anilines is 3. The highest BCUT2D eigenvalue weighted by Gasteiger charge is 2.26. The van der Waals surface area contributed by atoms with Crippen LogP contribution in [0.1, 0.15) is 50.6 Å². The van der Waals surface area contributed by atoms with Gasteiger partial charge in [0, 0.05) is 24.7 Å². The van der Waals surface area contributed by atoms with Crippen LogP contribution in [0.3, 0.4) is 0 Å². The number of aromatic nitrogens is 2. The molecule has 1 atom stereocenters. The third-order valence-electron chi connectivity index (χ3n) is 4.78. The molecule has 3 heterocycles. The number of nitrogens with one attached hydrogen (secondary N) is 2. The molecule has 8 nitrogen and oxygen atoms in total. The van der Waals surface area contributed by atoms with E-state index in [2.05, 4.69) is 31.0 Å². The molecule has 2 aromatic heterocycles. The quantitative estimate of drug-likeness (QED) is 0.750. The van der Waals surface area contributed by atoms with Crippen molar-refractivity contribution >= 4 is 34.0 Å². The first-order chi connectivity index (χ1) is 14.2. The lowest BCUT2D eigenvalue weighted by molar-refractivity contribution is 0.0500. The monoisotopic (exact) mass is 428 g/mol. The summed E-state index contributed by atoms with van der Waals surface area (Å²) in [6.07, 6.45) is 3.18. The number of carbonyl (C=O) groups is 1. The van der Waals surface area contributed by atoms with Crippen LogP contribution in [0.2, 0.25) is 0 Å². The highest BCUT2D eigenvalue weighted by Crippen LogP contribution is 2.33. The van der Waals surface area contributed by atoms with Crippen LogP contribution in [0.25, 0.3) is 0 Å². The minimum absolute atomic E-state index is 0.0100. The molecule has 0 aliphatic carbocycles. The lowest BCUT2D eigenvalue weighted by Crippen LogP contribution is -2.49. The molecule has 1 aliphatic heterocycles. The van der Waals surface area contributed by atoms with E-state index in [9.17, 15) is 10.1 Å². The summed E-state index contributed by atoms with van der Waals surface area (Å²) >= 11 is 1.35. The minimum Gasteiger partial charge on any atom is -0.444 e. The van der Waals surface area contributed by atoms with Gasteiger partial charge in [0.1, 0.15) is 16.7 Å². The summed E-state index contributed by atoms with van der Waals surface area (Å²) < 4.78 is 9.68. The highest BCUT2D eigenvalue weighted by molar-refractivity contribution is 7.10. The van der Waals surface area contributed by atoms with Gasteiger partial charge in [-0.3, -0.25) is 0 Å². The molecule has 0 radical (unpaired) electrons. The number of nitriles is 1. The second-order valence-electron chi connectivity index (χ2n) is 8.49. The van der Waals surface area contributed by atoms with Crippen LogP contribution in [0, 0.1) is 25.2 Å². The Kier molecular flexibility index (Phi) is 6.46. The molecule has 0 spiro atoms. The molecule has 3 rings (SSSR count). The molecule has 0 saturated carbocycles. The summed E-state index contributed by atoms with van der Waals surface area (Å²) in [6.45, 7) is 11.0. The normalized spacial score (nSPS) is 16.7. The van der Waals surface area contributed by atoms with Crippen molar-refractivity contribution in [1.29, 1.82) is 5.26 Å².